The number of amides is 1. The maximum atomic E-state index is 11.8. The van der Waals surface area contributed by atoms with E-state index in [1.54, 1.807) is 0 Å². The maximum Gasteiger partial charge on any atom is 0.236 e. The fraction of sp³-hybridized carbons (Fsp3) is 0.917. The van der Waals surface area contributed by atoms with E-state index >= 15 is 0 Å². The fourth-order valence-electron chi connectivity index (χ4n) is 2.12. The van der Waals surface area contributed by atoms with E-state index in [-0.39, 0.29) is 11.9 Å². The van der Waals surface area contributed by atoms with Crippen LogP contribution in [0.1, 0.15) is 26.7 Å². The Morgan fingerprint density at radius 2 is 1.88 bits per heavy atom. The van der Waals surface area contributed by atoms with Crippen molar-refractivity contribution in [2.75, 3.05) is 32.8 Å². The van der Waals surface area contributed by atoms with Gasteiger partial charge in [-0.2, -0.15) is 0 Å². The van der Waals surface area contributed by atoms with Crippen molar-refractivity contribution in [1.29, 1.82) is 0 Å². The molecule has 2 heterocycles. The van der Waals surface area contributed by atoms with Crippen molar-refractivity contribution < 1.29 is 14.3 Å². The van der Waals surface area contributed by atoms with E-state index in [4.69, 9.17) is 9.47 Å². The quantitative estimate of drug-likeness (QED) is 0.776. The van der Waals surface area contributed by atoms with Crippen LogP contribution in [-0.4, -0.2) is 55.5 Å². The maximum absolute atomic E-state index is 11.8. The molecule has 0 bridgehead atoms. The summed E-state index contributed by atoms with van der Waals surface area (Å²) in [4.78, 5) is 13.7. The number of likely N-dealkylation sites (tertiary alicyclic amines) is 1. The van der Waals surface area contributed by atoms with Crippen LogP contribution in [0.5, 0.6) is 0 Å². The van der Waals surface area contributed by atoms with Gasteiger partial charge in [0.15, 0.2) is 5.79 Å². The largest absolute Gasteiger partial charge is 0.349 e. The number of nitrogens with one attached hydrogen (secondary N) is 1. The van der Waals surface area contributed by atoms with E-state index in [9.17, 15) is 4.79 Å². The van der Waals surface area contributed by atoms with Crippen LogP contribution in [0.15, 0.2) is 0 Å². The molecule has 0 aromatic rings. The van der Waals surface area contributed by atoms with Gasteiger partial charge in [-0.3, -0.25) is 4.79 Å². The smallest absolute Gasteiger partial charge is 0.236 e. The van der Waals surface area contributed by atoms with E-state index in [0.717, 1.165) is 25.9 Å². The standard InChI is InChI=1S/C12H22N2O3/c1-12(2)16-8-10(9-17-12)13-7-11(15)14-5-3-4-6-14/h10,13H,3-9H2,1-2H3. The van der Waals surface area contributed by atoms with Gasteiger partial charge in [-0.05, 0) is 26.7 Å². The molecule has 2 rings (SSSR count). The zero-order valence-electron chi connectivity index (χ0n) is 10.7. The number of nitrogens with zero attached hydrogens (tertiary/aromatic N) is 1. The first-order chi connectivity index (χ1) is 8.07. The minimum absolute atomic E-state index is 0.120. The van der Waals surface area contributed by atoms with Gasteiger partial charge in [0.25, 0.3) is 0 Å². The minimum atomic E-state index is -0.489. The average molecular weight is 242 g/mol. The summed E-state index contributed by atoms with van der Waals surface area (Å²) in [5, 5.41) is 3.19. The molecule has 2 aliphatic rings. The Morgan fingerprint density at radius 3 is 2.47 bits per heavy atom. The van der Waals surface area contributed by atoms with Crippen LogP contribution in [0.2, 0.25) is 0 Å². The monoisotopic (exact) mass is 242 g/mol. The molecule has 98 valence electrons. The molecule has 2 fully saturated rings. The van der Waals surface area contributed by atoms with Crippen LogP contribution >= 0.6 is 0 Å². The molecule has 0 aliphatic carbocycles. The molecule has 1 N–H and O–H groups in total. The second-order valence-corrected chi connectivity index (χ2v) is 5.19. The van der Waals surface area contributed by atoms with Crippen LogP contribution in [0.25, 0.3) is 0 Å². The molecule has 5 nitrogen and oxygen atoms in total. The summed E-state index contributed by atoms with van der Waals surface area (Å²) >= 11 is 0. The Morgan fingerprint density at radius 1 is 1.29 bits per heavy atom. The highest BCUT2D eigenvalue weighted by Gasteiger charge is 2.28. The van der Waals surface area contributed by atoms with E-state index in [1.165, 1.54) is 0 Å². The molecule has 2 saturated heterocycles. The number of ether oxygens (including phenoxy) is 2. The molecular weight excluding hydrogens is 220 g/mol. The lowest BCUT2D eigenvalue weighted by atomic mass is 10.2. The summed E-state index contributed by atoms with van der Waals surface area (Å²) in [6.45, 7) is 7.20. The van der Waals surface area contributed by atoms with Crippen molar-refractivity contribution in [1.82, 2.24) is 10.2 Å². The zero-order chi connectivity index (χ0) is 12.3. The van der Waals surface area contributed by atoms with Crippen molar-refractivity contribution in [3.8, 4) is 0 Å². The molecule has 0 spiro atoms. The minimum Gasteiger partial charge on any atom is -0.349 e. The molecule has 0 radical (unpaired) electrons. The number of carbonyl (C=O) groups excluding carboxylic acids is 1. The van der Waals surface area contributed by atoms with Gasteiger partial charge < -0.3 is 19.7 Å². The summed E-state index contributed by atoms with van der Waals surface area (Å²) < 4.78 is 11.1. The molecule has 17 heavy (non-hydrogen) atoms. The summed E-state index contributed by atoms with van der Waals surface area (Å²) in [6.07, 6.45) is 2.27. The zero-order valence-corrected chi connectivity index (χ0v) is 10.7. The SMILES string of the molecule is CC1(C)OCC(NCC(=O)N2CCCC2)CO1. The van der Waals surface area contributed by atoms with Crippen LogP contribution in [0, 0.1) is 0 Å². The van der Waals surface area contributed by atoms with E-state index in [2.05, 4.69) is 5.32 Å². The molecule has 0 atom stereocenters. The van der Waals surface area contributed by atoms with Crippen LogP contribution in [-0.2, 0) is 14.3 Å². The third-order valence-corrected chi connectivity index (χ3v) is 3.26. The van der Waals surface area contributed by atoms with Crippen molar-refractivity contribution in [2.24, 2.45) is 0 Å². The van der Waals surface area contributed by atoms with Crippen LogP contribution in [0.3, 0.4) is 0 Å². The normalized spacial score (nSPS) is 25.2. The van der Waals surface area contributed by atoms with Crippen molar-refractivity contribution in [3.63, 3.8) is 0 Å². The van der Waals surface area contributed by atoms with Gasteiger partial charge in [-0.1, -0.05) is 0 Å². The lowest BCUT2D eigenvalue weighted by molar-refractivity contribution is -0.252. The Bertz CT molecular complexity index is 265. The van der Waals surface area contributed by atoms with Gasteiger partial charge in [0.2, 0.25) is 5.91 Å². The molecule has 0 unspecified atom stereocenters. The summed E-state index contributed by atoms with van der Waals surface area (Å²) in [6, 6.07) is 0.120. The van der Waals surface area contributed by atoms with Crippen molar-refractivity contribution in [3.05, 3.63) is 0 Å². The molecule has 1 amide bonds. The predicted octanol–water partition coefficient (Wildman–Crippen LogP) is 0.350. The Labute approximate surface area is 102 Å². The van der Waals surface area contributed by atoms with E-state index < -0.39 is 5.79 Å². The number of hydrogen-bond donors (Lipinski definition) is 1. The Balaban J connectivity index is 1.67. The topological polar surface area (TPSA) is 50.8 Å². The van der Waals surface area contributed by atoms with E-state index in [1.807, 2.05) is 18.7 Å². The van der Waals surface area contributed by atoms with Gasteiger partial charge in [0.05, 0.1) is 25.8 Å². The second-order valence-electron chi connectivity index (χ2n) is 5.19. The van der Waals surface area contributed by atoms with Gasteiger partial charge in [-0.25, -0.2) is 0 Å². The average Bonchev–Trinajstić information content (AvgIpc) is 2.80. The van der Waals surface area contributed by atoms with Crippen LogP contribution in [0.4, 0.5) is 0 Å². The van der Waals surface area contributed by atoms with Crippen molar-refractivity contribution >= 4 is 5.91 Å². The number of hydrogen-bond acceptors (Lipinski definition) is 4. The van der Waals surface area contributed by atoms with E-state index in [0.29, 0.717) is 19.8 Å². The second kappa shape index (κ2) is 5.33. The van der Waals surface area contributed by atoms with Gasteiger partial charge >= 0.3 is 0 Å². The Kier molecular flexibility index (Phi) is 4.01. The van der Waals surface area contributed by atoms with Gasteiger partial charge in [-0.15, -0.1) is 0 Å². The first-order valence-electron chi connectivity index (χ1n) is 6.36. The summed E-state index contributed by atoms with van der Waals surface area (Å²) in [5.74, 6) is -0.302. The third-order valence-electron chi connectivity index (χ3n) is 3.26. The van der Waals surface area contributed by atoms with Crippen LogP contribution < -0.4 is 5.32 Å². The molecule has 2 aliphatic heterocycles. The first kappa shape index (κ1) is 12.8. The highest BCUT2D eigenvalue weighted by Crippen LogP contribution is 2.16. The highest BCUT2D eigenvalue weighted by atomic mass is 16.7. The molecule has 0 aromatic carbocycles. The van der Waals surface area contributed by atoms with Gasteiger partial charge in [0, 0.05) is 13.1 Å². The lowest BCUT2D eigenvalue weighted by Gasteiger charge is -2.35. The summed E-state index contributed by atoms with van der Waals surface area (Å²) in [5.41, 5.74) is 0. The van der Waals surface area contributed by atoms with Gasteiger partial charge in [0.1, 0.15) is 0 Å². The lowest BCUT2D eigenvalue weighted by Crippen LogP contribution is -2.50. The first-order valence-corrected chi connectivity index (χ1v) is 6.36. The predicted molar refractivity (Wildman–Crippen MR) is 63.6 cm³/mol. The third kappa shape index (κ3) is 3.66. The molecule has 0 aromatic heterocycles. The van der Waals surface area contributed by atoms with Crippen molar-refractivity contribution in [2.45, 2.75) is 38.5 Å². The fourth-order valence-corrected chi connectivity index (χ4v) is 2.12. The Hall–Kier alpha value is -0.650. The summed E-state index contributed by atoms with van der Waals surface area (Å²) in [7, 11) is 0. The molecule has 0 saturated carbocycles. The number of carbonyl (C=O) groups is 1. The number of rotatable bonds is 3. The highest BCUT2D eigenvalue weighted by molar-refractivity contribution is 5.78. The molecular formula is C12H22N2O3. The molecule has 5 heteroatoms.